The van der Waals surface area contributed by atoms with Gasteiger partial charge in [-0.3, -0.25) is 0 Å². The van der Waals surface area contributed by atoms with Crippen LogP contribution < -0.4 is 14.2 Å². The van der Waals surface area contributed by atoms with E-state index in [9.17, 15) is 8.42 Å². The molecule has 0 amide bonds. The van der Waals surface area contributed by atoms with Gasteiger partial charge < -0.3 is 14.2 Å². The van der Waals surface area contributed by atoms with Gasteiger partial charge in [0.2, 0.25) is 16.8 Å². The Morgan fingerprint density at radius 2 is 2.00 bits per heavy atom. The second kappa shape index (κ2) is 4.59. The second-order valence-corrected chi connectivity index (χ2v) is 7.74. The van der Waals surface area contributed by atoms with Crippen molar-refractivity contribution >= 4 is 10.0 Å². The molecule has 1 saturated heterocycles. The standard InChI is InChI=1S/C14H17NO5S/c16-21(17,11-3-6-18-8-11)15-14(4-5-14)10-1-2-12-13(7-10)20-9-19-12/h1-2,7,11,15H,3-6,8-9H2. The Labute approximate surface area is 123 Å². The van der Waals surface area contributed by atoms with E-state index in [2.05, 4.69) is 4.72 Å². The fraction of sp³-hybridized carbons (Fsp3) is 0.571. The topological polar surface area (TPSA) is 73.9 Å². The van der Waals surface area contributed by atoms with Gasteiger partial charge in [-0.25, -0.2) is 13.1 Å². The molecule has 4 rings (SSSR count). The van der Waals surface area contributed by atoms with E-state index in [-0.39, 0.29) is 13.4 Å². The van der Waals surface area contributed by atoms with Crippen molar-refractivity contribution in [1.82, 2.24) is 4.72 Å². The molecule has 1 saturated carbocycles. The van der Waals surface area contributed by atoms with E-state index in [1.54, 1.807) is 0 Å². The van der Waals surface area contributed by atoms with Crippen LogP contribution in [0.15, 0.2) is 18.2 Å². The molecule has 1 aliphatic carbocycles. The lowest BCUT2D eigenvalue weighted by Crippen LogP contribution is -2.41. The number of benzene rings is 1. The van der Waals surface area contributed by atoms with E-state index >= 15 is 0 Å². The van der Waals surface area contributed by atoms with E-state index < -0.39 is 20.8 Å². The summed E-state index contributed by atoms with van der Waals surface area (Å²) in [7, 11) is -3.36. The van der Waals surface area contributed by atoms with E-state index in [0.29, 0.717) is 24.5 Å². The molecule has 0 spiro atoms. The fourth-order valence-electron chi connectivity index (χ4n) is 2.88. The van der Waals surface area contributed by atoms with Crippen molar-refractivity contribution < 1.29 is 22.6 Å². The van der Waals surface area contributed by atoms with Crippen molar-refractivity contribution in [3.8, 4) is 11.5 Å². The number of rotatable bonds is 4. The van der Waals surface area contributed by atoms with Gasteiger partial charge in [0, 0.05) is 6.61 Å². The summed E-state index contributed by atoms with van der Waals surface area (Å²) in [6.45, 7) is 1.02. The van der Waals surface area contributed by atoms with Crippen molar-refractivity contribution in [2.75, 3.05) is 20.0 Å². The number of fused-ring (bicyclic) bond motifs is 1. The quantitative estimate of drug-likeness (QED) is 0.902. The normalized spacial score (nSPS) is 26.0. The minimum Gasteiger partial charge on any atom is -0.454 e. The van der Waals surface area contributed by atoms with Crippen LogP contribution in [-0.2, 0) is 20.3 Å². The van der Waals surface area contributed by atoms with Gasteiger partial charge in [0.1, 0.15) is 5.25 Å². The number of sulfonamides is 1. The molecule has 3 aliphatic rings. The first-order valence-electron chi connectivity index (χ1n) is 7.10. The van der Waals surface area contributed by atoms with Crippen LogP contribution in [0.4, 0.5) is 0 Å². The lowest BCUT2D eigenvalue weighted by atomic mass is 10.1. The van der Waals surface area contributed by atoms with Gasteiger partial charge in [0.25, 0.3) is 0 Å². The molecule has 1 aromatic carbocycles. The third-order valence-electron chi connectivity index (χ3n) is 4.34. The summed E-state index contributed by atoms with van der Waals surface area (Å²) in [5.74, 6) is 1.39. The van der Waals surface area contributed by atoms with Crippen LogP contribution in [0.5, 0.6) is 11.5 Å². The van der Waals surface area contributed by atoms with E-state index in [4.69, 9.17) is 14.2 Å². The number of hydrogen-bond donors (Lipinski definition) is 1. The third-order valence-corrected chi connectivity index (χ3v) is 6.26. The molecule has 2 heterocycles. The Balaban J connectivity index is 1.59. The summed E-state index contributed by atoms with van der Waals surface area (Å²) in [6, 6.07) is 5.63. The predicted octanol–water partition coefficient (Wildman–Crippen LogP) is 1.11. The summed E-state index contributed by atoms with van der Waals surface area (Å²) in [5.41, 5.74) is 0.455. The van der Waals surface area contributed by atoms with E-state index in [0.717, 1.165) is 18.4 Å². The first kappa shape index (κ1) is 13.4. The molecule has 0 radical (unpaired) electrons. The molecule has 0 aromatic heterocycles. The van der Waals surface area contributed by atoms with Crippen molar-refractivity contribution in [2.24, 2.45) is 0 Å². The molecule has 1 unspecified atom stereocenters. The molecule has 1 N–H and O–H groups in total. The van der Waals surface area contributed by atoms with Crippen LogP contribution in [0, 0.1) is 0 Å². The molecule has 6 nitrogen and oxygen atoms in total. The molecule has 7 heteroatoms. The average Bonchev–Trinajstić information content (AvgIpc) is 2.95. The van der Waals surface area contributed by atoms with Gasteiger partial charge in [-0.1, -0.05) is 6.07 Å². The molecule has 21 heavy (non-hydrogen) atoms. The highest BCUT2D eigenvalue weighted by Crippen LogP contribution is 2.49. The Morgan fingerprint density at radius 1 is 1.19 bits per heavy atom. The van der Waals surface area contributed by atoms with Crippen LogP contribution in [0.3, 0.4) is 0 Å². The molecule has 2 fully saturated rings. The van der Waals surface area contributed by atoms with Gasteiger partial charge in [0.15, 0.2) is 11.5 Å². The van der Waals surface area contributed by atoms with Crippen molar-refractivity contribution in [3.05, 3.63) is 23.8 Å². The van der Waals surface area contributed by atoms with Gasteiger partial charge in [-0.05, 0) is 37.0 Å². The minimum absolute atomic E-state index is 0.219. The van der Waals surface area contributed by atoms with Crippen molar-refractivity contribution in [2.45, 2.75) is 30.1 Å². The van der Waals surface area contributed by atoms with Crippen LogP contribution in [-0.4, -0.2) is 33.7 Å². The van der Waals surface area contributed by atoms with E-state index in [1.807, 2.05) is 18.2 Å². The Bertz CT molecular complexity index is 662. The second-order valence-electron chi connectivity index (χ2n) is 5.78. The third kappa shape index (κ3) is 2.29. The SMILES string of the molecule is O=S(=O)(NC1(c2ccc3c(c2)OCO3)CC1)C1CCOC1. The van der Waals surface area contributed by atoms with Gasteiger partial charge >= 0.3 is 0 Å². The first-order valence-corrected chi connectivity index (χ1v) is 8.64. The zero-order chi connectivity index (χ0) is 14.5. The van der Waals surface area contributed by atoms with Gasteiger partial charge in [-0.15, -0.1) is 0 Å². The Morgan fingerprint density at radius 3 is 2.71 bits per heavy atom. The summed E-state index contributed by atoms with van der Waals surface area (Å²) < 4.78 is 43.6. The predicted molar refractivity (Wildman–Crippen MR) is 74.8 cm³/mol. The molecule has 114 valence electrons. The summed E-state index contributed by atoms with van der Waals surface area (Å²) in [6.07, 6.45) is 2.17. The highest BCUT2D eigenvalue weighted by Gasteiger charge is 2.49. The highest BCUT2D eigenvalue weighted by molar-refractivity contribution is 7.90. The maximum absolute atomic E-state index is 12.4. The number of ether oxygens (including phenoxy) is 3. The van der Waals surface area contributed by atoms with Crippen LogP contribution in [0.1, 0.15) is 24.8 Å². The molecule has 2 aliphatic heterocycles. The molecule has 1 atom stereocenters. The van der Waals surface area contributed by atoms with E-state index in [1.165, 1.54) is 0 Å². The molecular weight excluding hydrogens is 294 g/mol. The van der Waals surface area contributed by atoms with Crippen LogP contribution in [0.25, 0.3) is 0 Å². The lowest BCUT2D eigenvalue weighted by molar-refractivity contribution is 0.174. The average molecular weight is 311 g/mol. The highest BCUT2D eigenvalue weighted by atomic mass is 32.2. The molecular formula is C14H17NO5S. The number of nitrogens with one attached hydrogen (secondary N) is 1. The van der Waals surface area contributed by atoms with Gasteiger partial charge in [-0.2, -0.15) is 0 Å². The Hall–Kier alpha value is -1.31. The minimum atomic E-state index is -3.36. The number of hydrogen-bond acceptors (Lipinski definition) is 5. The Kier molecular flexibility index (Phi) is 2.92. The lowest BCUT2D eigenvalue weighted by Gasteiger charge is -2.20. The van der Waals surface area contributed by atoms with Crippen LogP contribution in [0.2, 0.25) is 0 Å². The zero-order valence-corrected chi connectivity index (χ0v) is 12.3. The summed E-state index contributed by atoms with van der Waals surface area (Å²) in [5, 5.41) is -0.441. The van der Waals surface area contributed by atoms with Crippen molar-refractivity contribution in [3.63, 3.8) is 0 Å². The van der Waals surface area contributed by atoms with Gasteiger partial charge in [0.05, 0.1) is 12.1 Å². The smallest absolute Gasteiger partial charge is 0.231 e. The van der Waals surface area contributed by atoms with Crippen LogP contribution >= 0.6 is 0 Å². The summed E-state index contributed by atoms with van der Waals surface area (Å²) >= 11 is 0. The largest absolute Gasteiger partial charge is 0.454 e. The summed E-state index contributed by atoms with van der Waals surface area (Å²) in [4.78, 5) is 0. The maximum Gasteiger partial charge on any atom is 0.231 e. The zero-order valence-electron chi connectivity index (χ0n) is 11.5. The fourth-order valence-corrected chi connectivity index (χ4v) is 4.60. The first-order chi connectivity index (χ1) is 10.1. The molecule has 1 aromatic rings. The van der Waals surface area contributed by atoms with Crippen molar-refractivity contribution in [1.29, 1.82) is 0 Å². The maximum atomic E-state index is 12.4. The molecule has 0 bridgehead atoms. The monoisotopic (exact) mass is 311 g/mol.